The zero-order valence-electron chi connectivity index (χ0n) is 11.4. The number of carboxylic acids is 1. The largest absolute Gasteiger partial charge is 0.477 e. The Kier molecular flexibility index (Phi) is 3.46. The molecule has 0 unspecified atom stereocenters. The van der Waals surface area contributed by atoms with Gasteiger partial charge in [0.15, 0.2) is 0 Å². The molecule has 104 valence electrons. The van der Waals surface area contributed by atoms with Crippen LogP contribution in [-0.4, -0.2) is 58.3 Å². The number of carboxylic acid groups (broad SMARTS) is 1. The van der Waals surface area contributed by atoms with Gasteiger partial charge in [-0.05, 0) is 13.3 Å². The van der Waals surface area contributed by atoms with E-state index in [2.05, 4.69) is 5.10 Å². The number of aromatic carboxylic acids is 1. The molecule has 0 bridgehead atoms. The van der Waals surface area contributed by atoms with Crippen LogP contribution in [0, 0.1) is 6.92 Å². The number of hydrogen-bond donors (Lipinski definition) is 1. The van der Waals surface area contributed by atoms with E-state index < -0.39 is 5.97 Å². The summed E-state index contributed by atoms with van der Waals surface area (Å²) in [4.78, 5) is 26.7. The van der Waals surface area contributed by atoms with Gasteiger partial charge in [-0.2, -0.15) is 5.10 Å². The molecule has 0 aliphatic carbocycles. The second-order valence-corrected chi connectivity index (χ2v) is 4.80. The average Bonchev–Trinajstić information content (AvgIpc) is 2.51. The van der Waals surface area contributed by atoms with Gasteiger partial charge in [-0.1, -0.05) is 0 Å². The fourth-order valence-corrected chi connectivity index (χ4v) is 2.43. The van der Waals surface area contributed by atoms with E-state index >= 15 is 0 Å². The van der Waals surface area contributed by atoms with Crippen molar-refractivity contribution in [2.24, 2.45) is 7.05 Å². The summed E-state index contributed by atoms with van der Waals surface area (Å²) in [5.41, 5.74) is 0.648. The lowest BCUT2D eigenvalue weighted by atomic mass is 10.2. The third kappa shape index (κ3) is 2.40. The first-order chi connectivity index (χ1) is 8.91. The molecule has 0 aromatic carbocycles. The normalized spacial score (nSPS) is 16.7. The fraction of sp³-hybridized carbons (Fsp3) is 0.583. The van der Waals surface area contributed by atoms with Crippen LogP contribution in [0.25, 0.3) is 0 Å². The Morgan fingerprint density at radius 3 is 2.63 bits per heavy atom. The van der Waals surface area contributed by atoms with Gasteiger partial charge in [0, 0.05) is 27.2 Å². The molecule has 1 saturated heterocycles. The maximum Gasteiger partial charge on any atom is 0.341 e. The third-order valence-electron chi connectivity index (χ3n) is 3.38. The number of amides is 1. The average molecular weight is 266 g/mol. The second kappa shape index (κ2) is 4.91. The van der Waals surface area contributed by atoms with Gasteiger partial charge in [0.05, 0.1) is 12.2 Å². The van der Waals surface area contributed by atoms with E-state index in [1.165, 1.54) is 4.68 Å². The van der Waals surface area contributed by atoms with Crippen molar-refractivity contribution in [1.29, 1.82) is 0 Å². The molecule has 2 rings (SSSR count). The predicted molar refractivity (Wildman–Crippen MR) is 69.4 cm³/mol. The summed E-state index contributed by atoms with van der Waals surface area (Å²) in [7, 11) is 3.46. The SMILES string of the molecule is Cc1nn(C)c(N2CCCN(C)C(=O)C2)c1C(=O)O. The van der Waals surface area contributed by atoms with Gasteiger partial charge in [0.2, 0.25) is 5.91 Å². The molecule has 2 heterocycles. The molecule has 7 heteroatoms. The summed E-state index contributed by atoms with van der Waals surface area (Å²) in [5.74, 6) is -0.507. The highest BCUT2D eigenvalue weighted by Crippen LogP contribution is 2.24. The number of nitrogens with zero attached hydrogens (tertiary/aromatic N) is 4. The summed E-state index contributed by atoms with van der Waals surface area (Å²) >= 11 is 0. The van der Waals surface area contributed by atoms with Gasteiger partial charge in [-0.3, -0.25) is 9.48 Å². The number of carbonyl (C=O) groups is 2. The van der Waals surface area contributed by atoms with E-state index in [4.69, 9.17) is 0 Å². The van der Waals surface area contributed by atoms with Crippen LogP contribution >= 0.6 is 0 Å². The number of aromatic nitrogens is 2. The van der Waals surface area contributed by atoms with Crippen LogP contribution < -0.4 is 4.90 Å². The van der Waals surface area contributed by atoms with Gasteiger partial charge in [-0.15, -0.1) is 0 Å². The molecule has 0 atom stereocenters. The maximum absolute atomic E-state index is 11.9. The minimum atomic E-state index is -1.01. The molecular formula is C12H18N4O3. The van der Waals surface area contributed by atoms with Crippen LogP contribution in [0.15, 0.2) is 0 Å². The van der Waals surface area contributed by atoms with Crippen molar-refractivity contribution in [3.63, 3.8) is 0 Å². The summed E-state index contributed by atoms with van der Waals surface area (Å²) < 4.78 is 1.54. The zero-order valence-corrected chi connectivity index (χ0v) is 11.4. The van der Waals surface area contributed by atoms with Crippen molar-refractivity contribution in [1.82, 2.24) is 14.7 Å². The molecule has 19 heavy (non-hydrogen) atoms. The van der Waals surface area contributed by atoms with Gasteiger partial charge < -0.3 is 14.9 Å². The van der Waals surface area contributed by atoms with Crippen LogP contribution in [0.2, 0.25) is 0 Å². The van der Waals surface area contributed by atoms with E-state index in [1.807, 2.05) is 0 Å². The highest BCUT2D eigenvalue weighted by Gasteiger charge is 2.27. The Morgan fingerprint density at radius 1 is 1.32 bits per heavy atom. The molecule has 1 aliphatic heterocycles. The summed E-state index contributed by atoms with van der Waals surface area (Å²) in [6, 6.07) is 0. The zero-order chi connectivity index (χ0) is 14.2. The van der Waals surface area contributed by atoms with Crippen molar-refractivity contribution in [3.05, 3.63) is 11.3 Å². The summed E-state index contributed by atoms with van der Waals surface area (Å²) in [6.45, 7) is 3.19. The summed E-state index contributed by atoms with van der Waals surface area (Å²) in [5, 5.41) is 13.5. The monoisotopic (exact) mass is 266 g/mol. The highest BCUT2D eigenvalue weighted by atomic mass is 16.4. The maximum atomic E-state index is 11.9. The van der Waals surface area contributed by atoms with E-state index in [-0.39, 0.29) is 18.0 Å². The Labute approximate surface area is 111 Å². The van der Waals surface area contributed by atoms with E-state index in [9.17, 15) is 14.7 Å². The third-order valence-corrected chi connectivity index (χ3v) is 3.38. The van der Waals surface area contributed by atoms with E-state index in [0.29, 0.717) is 24.6 Å². The second-order valence-electron chi connectivity index (χ2n) is 4.80. The molecule has 0 saturated carbocycles. The smallest absolute Gasteiger partial charge is 0.341 e. The minimum Gasteiger partial charge on any atom is -0.477 e. The number of rotatable bonds is 2. The van der Waals surface area contributed by atoms with Crippen LogP contribution in [-0.2, 0) is 11.8 Å². The van der Waals surface area contributed by atoms with Gasteiger partial charge in [0.25, 0.3) is 0 Å². The van der Waals surface area contributed by atoms with Crippen molar-refractivity contribution in [2.75, 3.05) is 31.6 Å². The van der Waals surface area contributed by atoms with Crippen LogP contribution in [0.4, 0.5) is 5.82 Å². The first-order valence-electron chi connectivity index (χ1n) is 6.17. The molecular weight excluding hydrogens is 248 g/mol. The van der Waals surface area contributed by atoms with Crippen molar-refractivity contribution in [3.8, 4) is 0 Å². The lowest BCUT2D eigenvalue weighted by Crippen LogP contribution is -2.35. The highest BCUT2D eigenvalue weighted by molar-refractivity contribution is 5.95. The van der Waals surface area contributed by atoms with Gasteiger partial charge in [0.1, 0.15) is 11.4 Å². The van der Waals surface area contributed by atoms with Gasteiger partial charge in [-0.25, -0.2) is 4.79 Å². The molecule has 1 N–H and O–H groups in total. The summed E-state index contributed by atoms with van der Waals surface area (Å²) in [6.07, 6.45) is 0.811. The molecule has 1 aromatic rings. The first kappa shape index (κ1) is 13.4. The Hall–Kier alpha value is -2.05. The fourth-order valence-electron chi connectivity index (χ4n) is 2.43. The molecule has 7 nitrogen and oxygen atoms in total. The van der Waals surface area contributed by atoms with E-state index in [1.54, 1.807) is 30.8 Å². The molecule has 1 amide bonds. The number of hydrogen-bond acceptors (Lipinski definition) is 4. The standard InChI is InChI=1S/C12H18N4O3/c1-8-10(12(18)19)11(15(3)13-8)16-6-4-5-14(2)9(17)7-16/h4-7H2,1-3H3,(H,18,19). The van der Waals surface area contributed by atoms with Crippen LogP contribution in [0.5, 0.6) is 0 Å². The Bertz CT molecular complexity index is 523. The first-order valence-corrected chi connectivity index (χ1v) is 6.17. The Balaban J connectivity index is 2.41. The quantitative estimate of drug-likeness (QED) is 0.821. The number of carbonyl (C=O) groups excluding carboxylic acids is 1. The molecule has 0 radical (unpaired) electrons. The van der Waals surface area contributed by atoms with Gasteiger partial charge >= 0.3 is 5.97 Å². The van der Waals surface area contributed by atoms with Crippen molar-refractivity contribution >= 4 is 17.7 Å². The minimum absolute atomic E-state index is 0.00677. The number of likely N-dealkylation sites (N-methyl/N-ethyl adjacent to an activating group) is 1. The lowest BCUT2D eigenvalue weighted by Gasteiger charge is -2.22. The number of anilines is 1. The lowest BCUT2D eigenvalue weighted by molar-refractivity contribution is -0.127. The van der Waals surface area contributed by atoms with Crippen LogP contribution in [0.3, 0.4) is 0 Å². The molecule has 1 fully saturated rings. The predicted octanol–water partition coefficient (Wildman–Crippen LogP) is 0.0952. The molecule has 1 aliphatic rings. The van der Waals surface area contributed by atoms with Crippen LogP contribution in [0.1, 0.15) is 22.5 Å². The van der Waals surface area contributed by atoms with E-state index in [0.717, 1.165) is 6.42 Å². The number of aryl methyl sites for hydroxylation is 2. The Morgan fingerprint density at radius 2 is 2.00 bits per heavy atom. The topological polar surface area (TPSA) is 78.7 Å². The van der Waals surface area contributed by atoms with Crippen molar-refractivity contribution in [2.45, 2.75) is 13.3 Å². The molecule has 0 spiro atoms. The van der Waals surface area contributed by atoms with Crippen molar-refractivity contribution < 1.29 is 14.7 Å². The molecule has 1 aromatic heterocycles.